The SMILES string of the molecule is Cc1ccc(-c2cn3nc(N=Cc4ccccc4)nc3[nH]c2=O)cc1. The van der Waals surface area contributed by atoms with Crippen LogP contribution in [0.3, 0.4) is 0 Å². The van der Waals surface area contributed by atoms with E-state index in [9.17, 15) is 4.79 Å². The molecule has 25 heavy (non-hydrogen) atoms. The first kappa shape index (κ1) is 15.0. The van der Waals surface area contributed by atoms with E-state index >= 15 is 0 Å². The van der Waals surface area contributed by atoms with Gasteiger partial charge in [0.15, 0.2) is 0 Å². The fraction of sp³-hybridized carbons (Fsp3) is 0.0526. The van der Waals surface area contributed by atoms with Gasteiger partial charge in [0.2, 0.25) is 5.78 Å². The van der Waals surface area contributed by atoms with Crippen molar-refractivity contribution in [2.45, 2.75) is 6.92 Å². The molecule has 4 aromatic rings. The Hall–Kier alpha value is -3.54. The van der Waals surface area contributed by atoms with Crippen LogP contribution in [0, 0.1) is 6.92 Å². The van der Waals surface area contributed by atoms with Crippen LogP contribution >= 0.6 is 0 Å². The average molecular weight is 329 g/mol. The molecule has 6 nitrogen and oxygen atoms in total. The summed E-state index contributed by atoms with van der Waals surface area (Å²) in [5.41, 5.74) is 3.26. The molecule has 0 aliphatic rings. The van der Waals surface area contributed by atoms with Gasteiger partial charge in [-0.1, -0.05) is 60.2 Å². The second kappa shape index (κ2) is 6.16. The Morgan fingerprint density at radius 2 is 1.84 bits per heavy atom. The summed E-state index contributed by atoms with van der Waals surface area (Å²) < 4.78 is 1.54. The minimum Gasteiger partial charge on any atom is -0.290 e. The standard InChI is InChI=1S/C19H15N5O/c1-13-7-9-15(10-8-13)16-12-24-19(21-17(16)25)22-18(23-24)20-11-14-5-3-2-4-6-14/h2-12H,1H3,(H,21,22,23,25). The van der Waals surface area contributed by atoms with Crippen LogP contribution in [-0.4, -0.2) is 25.8 Å². The van der Waals surface area contributed by atoms with E-state index in [0.29, 0.717) is 17.3 Å². The third kappa shape index (κ3) is 3.10. The minimum atomic E-state index is -0.206. The smallest absolute Gasteiger partial charge is 0.270 e. The highest BCUT2D eigenvalue weighted by Gasteiger charge is 2.09. The van der Waals surface area contributed by atoms with E-state index in [1.54, 1.807) is 12.4 Å². The summed E-state index contributed by atoms with van der Waals surface area (Å²) in [4.78, 5) is 23.6. The number of fused-ring (bicyclic) bond motifs is 1. The van der Waals surface area contributed by atoms with Crippen LogP contribution in [0.4, 0.5) is 5.95 Å². The van der Waals surface area contributed by atoms with E-state index in [2.05, 4.69) is 20.1 Å². The number of nitrogens with one attached hydrogen (secondary N) is 1. The van der Waals surface area contributed by atoms with E-state index < -0.39 is 0 Å². The first-order chi connectivity index (χ1) is 12.2. The number of benzene rings is 2. The van der Waals surface area contributed by atoms with Gasteiger partial charge < -0.3 is 0 Å². The number of aromatic nitrogens is 4. The summed E-state index contributed by atoms with van der Waals surface area (Å²) in [5, 5.41) is 4.31. The van der Waals surface area contributed by atoms with Gasteiger partial charge in [0.25, 0.3) is 11.5 Å². The predicted molar refractivity (Wildman–Crippen MR) is 97.5 cm³/mol. The maximum Gasteiger partial charge on any atom is 0.270 e. The number of hydrogen-bond acceptors (Lipinski definition) is 4. The second-order valence-electron chi connectivity index (χ2n) is 5.71. The molecule has 4 rings (SSSR count). The molecular weight excluding hydrogens is 314 g/mol. The number of H-pyrrole nitrogens is 1. The molecule has 0 radical (unpaired) electrons. The average Bonchev–Trinajstić information content (AvgIpc) is 3.03. The molecule has 1 N–H and O–H groups in total. The highest BCUT2D eigenvalue weighted by molar-refractivity contribution is 5.81. The molecule has 0 aliphatic heterocycles. The van der Waals surface area contributed by atoms with Gasteiger partial charge in [0.05, 0.1) is 5.56 Å². The quantitative estimate of drug-likeness (QED) is 0.587. The molecule has 2 heterocycles. The fourth-order valence-electron chi connectivity index (χ4n) is 2.50. The molecule has 0 spiro atoms. The van der Waals surface area contributed by atoms with E-state index in [1.807, 2.05) is 61.5 Å². The maximum atomic E-state index is 12.3. The zero-order valence-electron chi connectivity index (χ0n) is 13.5. The van der Waals surface area contributed by atoms with Crippen LogP contribution in [0.15, 0.2) is 70.6 Å². The van der Waals surface area contributed by atoms with Crippen molar-refractivity contribution >= 4 is 17.9 Å². The van der Waals surface area contributed by atoms with Crippen molar-refractivity contribution in [1.82, 2.24) is 19.6 Å². The highest BCUT2D eigenvalue weighted by Crippen LogP contribution is 2.16. The fourth-order valence-corrected chi connectivity index (χ4v) is 2.50. The van der Waals surface area contributed by atoms with Crippen LogP contribution in [-0.2, 0) is 0 Å². The summed E-state index contributed by atoms with van der Waals surface area (Å²) >= 11 is 0. The Balaban J connectivity index is 1.73. The van der Waals surface area contributed by atoms with Crippen LogP contribution in [0.5, 0.6) is 0 Å². The lowest BCUT2D eigenvalue weighted by atomic mass is 10.1. The van der Waals surface area contributed by atoms with Gasteiger partial charge in [0.1, 0.15) is 0 Å². The first-order valence-electron chi connectivity index (χ1n) is 7.85. The van der Waals surface area contributed by atoms with Crippen LogP contribution in [0.25, 0.3) is 16.9 Å². The minimum absolute atomic E-state index is 0.206. The van der Waals surface area contributed by atoms with E-state index in [0.717, 1.165) is 16.7 Å². The zero-order valence-corrected chi connectivity index (χ0v) is 13.5. The molecule has 2 aromatic carbocycles. The first-order valence-corrected chi connectivity index (χ1v) is 7.85. The van der Waals surface area contributed by atoms with Gasteiger partial charge in [0, 0.05) is 12.4 Å². The predicted octanol–water partition coefficient (Wildman–Crippen LogP) is 3.14. The van der Waals surface area contributed by atoms with E-state index in [-0.39, 0.29) is 5.56 Å². The van der Waals surface area contributed by atoms with Gasteiger partial charge in [-0.15, -0.1) is 5.10 Å². The maximum absolute atomic E-state index is 12.3. The summed E-state index contributed by atoms with van der Waals surface area (Å²) in [7, 11) is 0. The summed E-state index contributed by atoms with van der Waals surface area (Å²) in [6.07, 6.45) is 3.36. The largest absolute Gasteiger partial charge is 0.290 e. The van der Waals surface area contributed by atoms with Crippen molar-refractivity contribution in [3.05, 3.63) is 82.3 Å². The van der Waals surface area contributed by atoms with Gasteiger partial charge in [-0.05, 0) is 18.1 Å². The Bertz CT molecular complexity index is 1110. The number of aryl methyl sites for hydroxylation is 1. The summed E-state index contributed by atoms with van der Waals surface area (Å²) in [6.45, 7) is 2.01. The number of aliphatic imine (C=N–C) groups is 1. The Morgan fingerprint density at radius 1 is 1.08 bits per heavy atom. The van der Waals surface area contributed by atoms with E-state index in [1.165, 1.54) is 4.52 Å². The van der Waals surface area contributed by atoms with Gasteiger partial charge in [-0.3, -0.25) is 9.78 Å². The van der Waals surface area contributed by atoms with Gasteiger partial charge in [-0.2, -0.15) is 4.98 Å². The van der Waals surface area contributed by atoms with Crippen LogP contribution in [0.1, 0.15) is 11.1 Å². The van der Waals surface area contributed by atoms with Crippen molar-refractivity contribution in [2.75, 3.05) is 0 Å². The third-order valence-electron chi connectivity index (χ3n) is 3.83. The molecular formula is C19H15N5O. The molecule has 0 aliphatic carbocycles. The third-order valence-corrected chi connectivity index (χ3v) is 3.83. The Morgan fingerprint density at radius 3 is 2.60 bits per heavy atom. The molecule has 6 heteroatoms. The van der Waals surface area contributed by atoms with Gasteiger partial charge in [-0.25, -0.2) is 9.51 Å². The molecule has 0 saturated carbocycles. The molecule has 0 atom stereocenters. The lowest BCUT2D eigenvalue weighted by molar-refractivity contribution is 0.932. The zero-order chi connectivity index (χ0) is 17.2. The van der Waals surface area contributed by atoms with Crippen molar-refractivity contribution < 1.29 is 0 Å². The van der Waals surface area contributed by atoms with Gasteiger partial charge >= 0.3 is 0 Å². The van der Waals surface area contributed by atoms with Crippen LogP contribution in [0.2, 0.25) is 0 Å². The number of hydrogen-bond donors (Lipinski definition) is 1. The summed E-state index contributed by atoms with van der Waals surface area (Å²) in [5.74, 6) is 0.654. The normalized spacial score (nSPS) is 11.4. The molecule has 0 fully saturated rings. The van der Waals surface area contributed by atoms with Crippen molar-refractivity contribution in [2.24, 2.45) is 4.99 Å². The lowest BCUT2D eigenvalue weighted by Gasteiger charge is -2.01. The molecule has 122 valence electrons. The Kier molecular flexibility index (Phi) is 3.70. The molecule has 0 unspecified atom stereocenters. The Labute approximate surface area is 143 Å². The van der Waals surface area contributed by atoms with Crippen LogP contribution < -0.4 is 5.56 Å². The van der Waals surface area contributed by atoms with E-state index in [4.69, 9.17) is 0 Å². The van der Waals surface area contributed by atoms with Crippen molar-refractivity contribution in [1.29, 1.82) is 0 Å². The monoisotopic (exact) mass is 329 g/mol. The molecule has 0 saturated heterocycles. The summed E-state index contributed by atoms with van der Waals surface area (Å²) in [6, 6.07) is 17.5. The lowest BCUT2D eigenvalue weighted by Crippen LogP contribution is -2.11. The number of aromatic amines is 1. The number of nitrogens with zero attached hydrogens (tertiary/aromatic N) is 4. The molecule has 0 bridgehead atoms. The van der Waals surface area contributed by atoms with Crippen molar-refractivity contribution in [3.63, 3.8) is 0 Å². The van der Waals surface area contributed by atoms with Crippen molar-refractivity contribution in [3.8, 4) is 11.1 Å². The molecule has 2 aromatic heterocycles. The number of rotatable bonds is 3. The molecule has 0 amide bonds. The second-order valence-corrected chi connectivity index (χ2v) is 5.71. The highest BCUT2D eigenvalue weighted by atomic mass is 16.1. The topological polar surface area (TPSA) is 75.4 Å².